The third-order valence-corrected chi connectivity index (χ3v) is 6.01. The summed E-state index contributed by atoms with van der Waals surface area (Å²) in [4.78, 5) is 2.54. The summed E-state index contributed by atoms with van der Waals surface area (Å²) in [6.45, 7) is 3.77. The van der Waals surface area contributed by atoms with Crippen LogP contribution in [0.15, 0.2) is 12.7 Å². The van der Waals surface area contributed by atoms with E-state index in [1.54, 1.807) is 0 Å². The highest BCUT2D eigenvalue weighted by molar-refractivity contribution is 4.98. The van der Waals surface area contributed by atoms with Gasteiger partial charge in [0.25, 0.3) is 0 Å². The Morgan fingerprint density at radius 1 is 1.00 bits per heavy atom. The molecule has 0 amide bonds. The van der Waals surface area contributed by atoms with Gasteiger partial charge in [0, 0.05) is 12.1 Å². The zero-order valence-corrected chi connectivity index (χ0v) is 14.7. The normalized spacial score (nSPS) is 32.1. The van der Waals surface area contributed by atoms with Crippen LogP contribution in [0.2, 0.25) is 0 Å². The zero-order chi connectivity index (χ0) is 15.8. The van der Waals surface area contributed by atoms with Crippen molar-refractivity contribution in [2.24, 2.45) is 0 Å². The Bertz CT molecular complexity index is 314. The summed E-state index contributed by atoms with van der Waals surface area (Å²) in [7, 11) is 2.26. The minimum atomic E-state index is -0.355. The van der Waals surface area contributed by atoms with Crippen LogP contribution in [0.3, 0.4) is 0 Å². The fraction of sp³-hybridized carbons (Fsp3) is 0.900. The summed E-state index contributed by atoms with van der Waals surface area (Å²) in [5.41, 5.74) is -0.355. The molecule has 2 heteroatoms. The molecule has 2 saturated heterocycles. The van der Waals surface area contributed by atoms with Gasteiger partial charge < -0.3 is 10.0 Å². The Hall–Kier alpha value is -0.340. The van der Waals surface area contributed by atoms with Crippen LogP contribution in [0.5, 0.6) is 0 Å². The van der Waals surface area contributed by atoms with Crippen LogP contribution in [0.1, 0.15) is 89.9 Å². The second-order valence-electron chi connectivity index (χ2n) is 7.84. The number of aliphatic hydroxyl groups is 1. The first-order chi connectivity index (χ1) is 10.6. The Morgan fingerprint density at radius 2 is 1.55 bits per heavy atom. The molecule has 22 heavy (non-hydrogen) atoms. The van der Waals surface area contributed by atoms with Gasteiger partial charge in [0.15, 0.2) is 0 Å². The van der Waals surface area contributed by atoms with Crippen LogP contribution in [0.4, 0.5) is 0 Å². The van der Waals surface area contributed by atoms with Crippen LogP contribution in [0.25, 0.3) is 0 Å². The van der Waals surface area contributed by atoms with Crippen LogP contribution in [-0.4, -0.2) is 34.7 Å². The number of hydrogen-bond acceptors (Lipinski definition) is 2. The molecule has 2 fully saturated rings. The smallest absolute Gasteiger partial charge is 0.0677 e. The lowest BCUT2D eigenvalue weighted by Crippen LogP contribution is -2.56. The van der Waals surface area contributed by atoms with E-state index in [9.17, 15) is 5.11 Å². The van der Waals surface area contributed by atoms with Crippen molar-refractivity contribution in [2.45, 2.75) is 108 Å². The Balaban J connectivity index is 1.56. The lowest BCUT2D eigenvalue weighted by atomic mass is 9.74. The molecule has 128 valence electrons. The molecule has 0 aromatic carbocycles. The van der Waals surface area contributed by atoms with Crippen LogP contribution < -0.4 is 0 Å². The van der Waals surface area contributed by atoms with E-state index in [1.165, 1.54) is 70.6 Å². The third kappa shape index (κ3) is 5.38. The SMILES string of the molecule is C=CCCCCCCCCCC1(O)CC2CCCC(C1)N2C. The minimum absolute atomic E-state index is 0.355. The fourth-order valence-corrected chi connectivity index (χ4v) is 4.58. The first-order valence-corrected chi connectivity index (χ1v) is 9.70. The molecule has 2 unspecified atom stereocenters. The maximum Gasteiger partial charge on any atom is 0.0677 e. The molecule has 2 aliphatic heterocycles. The lowest BCUT2D eigenvalue weighted by Gasteiger charge is -2.50. The highest BCUT2D eigenvalue weighted by atomic mass is 16.3. The zero-order valence-electron chi connectivity index (χ0n) is 14.7. The van der Waals surface area contributed by atoms with Crippen LogP contribution in [-0.2, 0) is 0 Å². The van der Waals surface area contributed by atoms with E-state index in [0.29, 0.717) is 12.1 Å². The van der Waals surface area contributed by atoms with E-state index >= 15 is 0 Å². The molecule has 2 heterocycles. The van der Waals surface area contributed by atoms with Crippen molar-refractivity contribution in [2.75, 3.05) is 7.05 Å². The molecule has 0 radical (unpaired) electrons. The minimum Gasteiger partial charge on any atom is -0.390 e. The van der Waals surface area contributed by atoms with Gasteiger partial charge in [-0.2, -0.15) is 0 Å². The molecule has 0 aromatic heterocycles. The number of hydrogen-bond donors (Lipinski definition) is 1. The average molecular weight is 308 g/mol. The molecule has 0 aromatic rings. The highest BCUT2D eigenvalue weighted by Crippen LogP contribution is 2.40. The highest BCUT2D eigenvalue weighted by Gasteiger charge is 2.43. The van der Waals surface area contributed by atoms with E-state index in [0.717, 1.165) is 19.3 Å². The number of rotatable bonds is 10. The summed E-state index contributed by atoms with van der Waals surface area (Å²) in [5.74, 6) is 0. The molecule has 1 N–H and O–H groups in total. The summed E-state index contributed by atoms with van der Waals surface area (Å²) in [5, 5.41) is 11.0. The van der Waals surface area contributed by atoms with Crippen LogP contribution >= 0.6 is 0 Å². The molecule has 2 aliphatic rings. The van der Waals surface area contributed by atoms with E-state index < -0.39 is 0 Å². The van der Waals surface area contributed by atoms with Gasteiger partial charge in [-0.15, -0.1) is 6.58 Å². The summed E-state index contributed by atoms with van der Waals surface area (Å²) in [6, 6.07) is 1.28. The molecule has 0 saturated carbocycles. The molecule has 2 rings (SSSR count). The van der Waals surface area contributed by atoms with Gasteiger partial charge in [-0.05, 0) is 52.0 Å². The summed E-state index contributed by atoms with van der Waals surface area (Å²) >= 11 is 0. The van der Waals surface area contributed by atoms with Gasteiger partial charge in [-0.25, -0.2) is 0 Å². The molecule has 2 atom stereocenters. The number of nitrogens with zero attached hydrogens (tertiary/aromatic N) is 1. The van der Waals surface area contributed by atoms with Crippen LogP contribution in [0, 0.1) is 0 Å². The first kappa shape index (κ1) is 18.0. The molecular formula is C20H37NO. The fourth-order valence-electron chi connectivity index (χ4n) is 4.58. The number of unbranched alkanes of at least 4 members (excludes halogenated alkanes) is 7. The summed E-state index contributed by atoms with van der Waals surface area (Å²) < 4.78 is 0. The van der Waals surface area contributed by atoms with Crippen molar-refractivity contribution in [3.05, 3.63) is 12.7 Å². The first-order valence-electron chi connectivity index (χ1n) is 9.70. The van der Waals surface area contributed by atoms with E-state index in [1.807, 2.05) is 6.08 Å². The van der Waals surface area contributed by atoms with Crippen molar-refractivity contribution in [1.82, 2.24) is 4.90 Å². The predicted molar refractivity (Wildman–Crippen MR) is 95.1 cm³/mol. The third-order valence-electron chi connectivity index (χ3n) is 6.01. The van der Waals surface area contributed by atoms with Crippen molar-refractivity contribution in [3.63, 3.8) is 0 Å². The molecule has 0 aliphatic carbocycles. The maximum atomic E-state index is 11.0. The average Bonchev–Trinajstić information content (AvgIpc) is 2.48. The quantitative estimate of drug-likeness (QED) is 0.450. The number of piperidine rings is 2. The van der Waals surface area contributed by atoms with E-state index in [-0.39, 0.29) is 5.60 Å². The van der Waals surface area contributed by atoms with E-state index in [2.05, 4.69) is 18.5 Å². The molecule has 2 nitrogen and oxygen atoms in total. The van der Waals surface area contributed by atoms with Crippen molar-refractivity contribution >= 4 is 0 Å². The largest absolute Gasteiger partial charge is 0.390 e. The van der Waals surface area contributed by atoms with Gasteiger partial charge in [0.2, 0.25) is 0 Å². The molecular weight excluding hydrogens is 270 g/mol. The van der Waals surface area contributed by atoms with Gasteiger partial charge in [-0.1, -0.05) is 51.0 Å². The Morgan fingerprint density at radius 3 is 2.14 bits per heavy atom. The summed E-state index contributed by atoms with van der Waals surface area (Å²) in [6.07, 6.45) is 19.5. The topological polar surface area (TPSA) is 23.5 Å². The standard InChI is InChI=1S/C20H37NO/c1-3-4-5-6-7-8-9-10-11-15-20(22)16-18-13-12-14-19(17-20)21(18)2/h3,18-19,22H,1,4-17H2,2H3. The molecule has 0 spiro atoms. The lowest BCUT2D eigenvalue weighted by molar-refractivity contribution is -0.0878. The Labute approximate surface area is 138 Å². The Kier molecular flexibility index (Phi) is 7.43. The second-order valence-corrected chi connectivity index (χ2v) is 7.84. The number of fused-ring (bicyclic) bond motifs is 2. The molecule has 2 bridgehead atoms. The van der Waals surface area contributed by atoms with Gasteiger partial charge in [0.05, 0.1) is 5.60 Å². The van der Waals surface area contributed by atoms with Crippen molar-refractivity contribution < 1.29 is 5.11 Å². The van der Waals surface area contributed by atoms with Gasteiger partial charge in [-0.3, -0.25) is 0 Å². The van der Waals surface area contributed by atoms with Gasteiger partial charge in [0.1, 0.15) is 0 Å². The monoisotopic (exact) mass is 307 g/mol. The predicted octanol–water partition coefficient (Wildman–Crippen LogP) is 5.06. The van der Waals surface area contributed by atoms with Gasteiger partial charge >= 0.3 is 0 Å². The second kappa shape index (κ2) is 9.08. The number of allylic oxidation sites excluding steroid dienone is 1. The maximum absolute atomic E-state index is 11.0. The van der Waals surface area contributed by atoms with E-state index in [4.69, 9.17) is 0 Å². The van der Waals surface area contributed by atoms with Crippen molar-refractivity contribution in [1.29, 1.82) is 0 Å². The van der Waals surface area contributed by atoms with Crippen molar-refractivity contribution in [3.8, 4) is 0 Å².